The molecular formula is C17H14BrCl2FN4O2S. The van der Waals surface area contributed by atoms with E-state index in [2.05, 4.69) is 32.2 Å². The first kappa shape index (κ1) is 22.6. The molecule has 2 aromatic rings. The second kappa shape index (κ2) is 9.65. The first-order chi connectivity index (χ1) is 13.2. The highest BCUT2D eigenvalue weighted by Crippen LogP contribution is 2.43. The van der Waals surface area contributed by atoms with Gasteiger partial charge in [-0.05, 0) is 53.2 Å². The van der Waals surface area contributed by atoms with Crippen LogP contribution in [-0.4, -0.2) is 21.5 Å². The molecule has 11 heteroatoms. The highest BCUT2D eigenvalue weighted by molar-refractivity contribution is 9.10. The van der Waals surface area contributed by atoms with Gasteiger partial charge >= 0.3 is 10.2 Å². The predicted molar refractivity (Wildman–Crippen MR) is 111 cm³/mol. The molecule has 148 valence electrons. The van der Waals surface area contributed by atoms with Crippen molar-refractivity contribution in [2.24, 2.45) is 10.2 Å². The van der Waals surface area contributed by atoms with Gasteiger partial charge in [0.2, 0.25) is 0 Å². The van der Waals surface area contributed by atoms with E-state index in [0.29, 0.717) is 18.7 Å². The summed E-state index contributed by atoms with van der Waals surface area (Å²) >= 11 is 15.0. The first-order valence-corrected chi connectivity index (χ1v) is 10.9. The van der Waals surface area contributed by atoms with Gasteiger partial charge in [0.1, 0.15) is 10.6 Å². The van der Waals surface area contributed by atoms with Gasteiger partial charge in [0, 0.05) is 18.8 Å². The van der Waals surface area contributed by atoms with Crippen molar-refractivity contribution in [3.63, 3.8) is 0 Å². The van der Waals surface area contributed by atoms with Crippen LogP contribution in [0.3, 0.4) is 0 Å². The van der Waals surface area contributed by atoms with E-state index >= 15 is 0 Å². The van der Waals surface area contributed by atoms with E-state index in [4.69, 9.17) is 28.5 Å². The third kappa shape index (κ3) is 5.41. The van der Waals surface area contributed by atoms with Crippen LogP contribution in [-0.2, 0) is 10.2 Å². The van der Waals surface area contributed by atoms with E-state index < -0.39 is 15.1 Å². The number of nitrogens with zero attached hydrogens (tertiary/aromatic N) is 4. The first-order valence-electron chi connectivity index (χ1n) is 7.94. The van der Waals surface area contributed by atoms with Gasteiger partial charge in [-0.25, -0.2) is 0 Å². The Morgan fingerprint density at radius 1 is 1.25 bits per heavy atom. The Morgan fingerprint density at radius 3 is 2.43 bits per heavy atom. The van der Waals surface area contributed by atoms with Crippen molar-refractivity contribution < 1.29 is 12.3 Å². The molecule has 0 spiro atoms. The fourth-order valence-corrected chi connectivity index (χ4v) is 4.38. The second-order valence-electron chi connectivity index (χ2n) is 5.48. The van der Waals surface area contributed by atoms with Crippen molar-refractivity contribution in [2.75, 3.05) is 18.0 Å². The van der Waals surface area contributed by atoms with Crippen LogP contribution >= 0.6 is 39.1 Å². The lowest BCUT2D eigenvalue weighted by molar-refractivity contribution is 0.552. The van der Waals surface area contributed by atoms with Crippen LogP contribution in [0.2, 0.25) is 10.0 Å². The summed E-state index contributed by atoms with van der Waals surface area (Å²) in [5.41, 5.74) is 1.53. The van der Waals surface area contributed by atoms with Crippen molar-refractivity contribution in [2.45, 2.75) is 18.2 Å². The Bertz CT molecular complexity index is 1040. The quantitative estimate of drug-likeness (QED) is 0.241. The van der Waals surface area contributed by atoms with Crippen LogP contribution < -0.4 is 4.90 Å². The van der Waals surface area contributed by atoms with E-state index in [1.807, 2.05) is 24.0 Å². The van der Waals surface area contributed by atoms with E-state index in [0.717, 1.165) is 18.3 Å². The smallest absolute Gasteiger partial charge is 0.333 e. The number of anilines is 1. The molecule has 6 nitrogen and oxygen atoms in total. The highest BCUT2D eigenvalue weighted by Gasteiger charge is 2.23. The second-order valence-corrected chi connectivity index (χ2v) is 8.37. The molecule has 0 aromatic heterocycles. The maximum Gasteiger partial charge on any atom is 0.333 e. The molecular weight excluding hydrogens is 494 g/mol. The number of halogens is 4. The van der Waals surface area contributed by atoms with Crippen LogP contribution in [0.4, 0.5) is 20.9 Å². The maximum absolute atomic E-state index is 13.3. The van der Waals surface area contributed by atoms with Gasteiger partial charge in [-0.15, -0.1) is 9.00 Å². The minimum Gasteiger partial charge on any atom is -0.371 e. The number of hydrogen-bond donors (Lipinski definition) is 0. The molecule has 0 saturated carbocycles. The minimum atomic E-state index is -5.03. The third-order valence-electron chi connectivity index (χ3n) is 3.72. The van der Waals surface area contributed by atoms with Crippen molar-refractivity contribution >= 4 is 66.4 Å². The summed E-state index contributed by atoms with van der Waals surface area (Å²) in [5, 5.41) is 16.3. The van der Waals surface area contributed by atoms with E-state index in [9.17, 15) is 12.3 Å². The topological polar surface area (TPSA) is 85.9 Å². The molecule has 0 aliphatic heterocycles. The molecule has 0 heterocycles. The van der Waals surface area contributed by atoms with Crippen LogP contribution in [0.15, 0.2) is 49.9 Å². The van der Waals surface area contributed by atoms with Crippen LogP contribution in [0.1, 0.15) is 13.3 Å². The molecule has 0 unspecified atom stereocenters. The third-order valence-corrected chi connectivity index (χ3v) is 6.36. The molecule has 0 atom stereocenters. The molecule has 0 aliphatic rings. The molecule has 0 amide bonds. The molecule has 0 saturated heterocycles. The zero-order valence-electron chi connectivity index (χ0n) is 14.5. The summed E-state index contributed by atoms with van der Waals surface area (Å²) in [4.78, 5) is 1.31. The zero-order valence-corrected chi connectivity index (χ0v) is 18.4. The Balaban J connectivity index is 2.29. The lowest BCUT2D eigenvalue weighted by atomic mass is 10.2. The monoisotopic (exact) mass is 506 g/mol. The number of hydrogen-bond acceptors (Lipinski definition) is 6. The molecule has 0 N–H and O–H groups in total. The Labute approximate surface area is 180 Å². The summed E-state index contributed by atoms with van der Waals surface area (Å²) in [7, 11) is -5.03. The van der Waals surface area contributed by atoms with E-state index in [-0.39, 0.29) is 20.2 Å². The van der Waals surface area contributed by atoms with E-state index in [1.165, 1.54) is 0 Å². The lowest BCUT2D eigenvalue weighted by Gasteiger charge is -2.21. The van der Waals surface area contributed by atoms with Gasteiger partial charge in [-0.3, -0.25) is 0 Å². The Kier molecular flexibility index (Phi) is 7.78. The summed E-state index contributed by atoms with van der Waals surface area (Å²) in [6.07, 6.45) is 0.424. The molecule has 28 heavy (non-hydrogen) atoms. The highest BCUT2D eigenvalue weighted by atomic mass is 79.9. The number of benzene rings is 2. The fraction of sp³-hybridized carbons (Fsp3) is 0.235. The normalized spacial score (nSPS) is 11.6. The summed E-state index contributed by atoms with van der Waals surface area (Å²) in [5.74, 6) is 0. The molecule has 0 aliphatic carbocycles. The number of azo groups is 1. The maximum atomic E-state index is 13.3. The minimum absolute atomic E-state index is 0.0203. The Hall–Kier alpha value is -1.73. The lowest BCUT2D eigenvalue weighted by Crippen LogP contribution is -2.23. The molecule has 0 radical (unpaired) electrons. The largest absolute Gasteiger partial charge is 0.371 e. The Morgan fingerprint density at radius 2 is 1.89 bits per heavy atom. The standard InChI is InChI=1S/C17H14BrCl2FN4O2S/c1-2-25(9-3-8-22)12-6-4-11(5-7-12)23-24-17-13(19)10-14(28(21,26)27)16(20)15(17)18/h4-7,10H,2-3,9H2,1H3. The summed E-state index contributed by atoms with van der Waals surface area (Å²) in [6.45, 7) is 3.38. The SMILES string of the molecule is CCN(CCC#N)c1ccc(N=Nc2c(Cl)cc(S(=O)(=O)F)c(Cl)c2Br)cc1. The van der Waals surface area contributed by atoms with Gasteiger partial charge in [-0.2, -0.15) is 18.8 Å². The van der Waals surface area contributed by atoms with Gasteiger partial charge in [-0.1, -0.05) is 23.2 Å². The van der Waals surface area contributed by atoms with Gasteiger partial charge in [0.15, 0.2) is 0 Å². The van der Waals surface area contributed by atoms with Gasteiger partial charge in [0.25, 0.3) is 0 Å². The summed E-state index contributed by atoms with van der Waals surface area (Å²) in [6, 6.07) is 10.2. The van der Waals surface area contributed by atoms with Crippen molar-refractivity contribution in [1.82, 2.24) is 0 Å². The van der Waals surface area contributed by atoms with E-state index in [1.54, 1.807) is 12.1 Å². The van der Waals surface area contributed by atoms with Gasteiger partial charge < -0.3 is 4.90 Å². The zero-order chi connectivity index (χ0) is 20.9. The molecule has 0 fully saturated rings. The van der Waals surface area contributed by atoms with Gasteiger partial charge in [0.05, 0.1) is 32.7 Å². The average molecular weight is 508 g/mol. The van der Waals surface area contributed by atoms with Crippen LogP contribution in [0, 0.1) is 11.3 Å². The molecule has 0 bridgehead atoms. The van der Waals surface area contributed by atoms with Crippen molar-refractivity contribution in [1.29, 1.82) is 5.26 Å². The number of nitriles is 1. The van der Waals surface area contributed by atoms with Crippen molar-refractivity contribution in [3.05, 3.63) is 44.8 Å². The van der Waals surface area contributed by atoms with Crippen LogP contribution in [0.5, 0.6) is 0 Å². The number of rotatable bonds is 7. The molecule has 2 rings (SSSR count). The fourth-order valence-electron chi connectivity index (χ4n) is 2.33. The van der Waals surface area contributed by atoms with Crippen molar-refractivity contribution in [3.8, 4) is 6.07 Å². The van der Waals surface area contributed by atoms with Crippen LogP contribution in [0.25, 0.3) is 0 Å². The predicted octanol–water partition coefficient (Wildman–Crippen LogP) is 6.57. The molecule has 2 aromatic carbocycles. The summed E-state index contributed by atoms with van der Waals surface area (Å²) < 4.78 is 35.5. The average Bonchev–Trinajstić information content (AvgIpc) is 2.65.